The second-order valence-corrected chi connectivity index (χ2v) is 4.92. The molecule has 0 unspecified atom stereocenters. The fraction of sp³-hybridized carbons (Fsp3) is 0.467. The van der Waals surface area contributed by atoms with E-state index in [4.69, 9.17) is 9.15 Å². The van der Waals surface area contributed by atoms with Gasteiger partial charge in [0.25, 0.3) is 5.91 Å². The van der Waals surface area contributed by atoms with E-state index in [0.717, 1.165) is 25.7 Å². The van der Waals surface area contributed by atoms with E-state index in [-0.39, 0.29) is 11.9 Å². The molecular formula is C15H19NO4. The van der Waals surface area contributed by atoms with Gasteiger partial charge in [-0.2, -0.15) is 0 Å². The molecule has 0 spiro atoms. The highest BCUT2D eigenvalue weighted by molar-refractivity contribution is 5.90. The van der Waals surface area contributed by atoms with Crippen LogP contribution in [0.15, 0.2) is 28.9 Å². The van der Waals surface area contributed by atoms with Crippen molar-refractivity contribution in [3.8, 4) is 0 Å². The summed E-state index contributed by atoms with van der Waals surface area (Å²) in [4.78, 5) is 23.4. The second kappa shape index (κ2) is 6.93. The lowest BCUT2D eigenvalue weighted by molar-refractivity contribution is -0.150. The van der Waals surface area contributed by atoms with Gasteiger partial charge in [-0.15, -0.1) is 0 Å². The Hall–Kier alpha value is -2.04. The number of amides is 1. The number of furan rings is 1. The smallest absolute Gasteiger partial charge is 0.331 e. The lowest BCUT2D eigenvalue weighted by atomic mass is 10.2. The zero-order valence-electron chi connectivity index (χ0n) is 11.5. The van der Waals surface area contributed by atoms with Crippen molar-refractivity contribution in [3.63, 3.8) is 0 Å². The van der Waals surface area contributed by atoms with Crippen LogP contribution in [0.4, 0.5) is 0 Å². The number of rotatable bonds is 5. The maximum absolute atomic E-state index is 11.8. The van der Waals surface area contributed by atoms with E-state index in [1.807, 2.05) is 0 Å². The standard InChI is InChI=1S/C15H19NO4/c1-11(15(18)16-12-5-2-3-6-12)20-14(17)9-8-13-7-4-10-19-13/h4,7-12H,2-3,5-6H2,1H3,(H,16,18)/b9-8+/t11-/m0/s1. The predicted molar refractivity (Wildman–Crippen MR) is 73.7 cm³/mol. The van der Waals surface area contributed by atoms with Crippen molar-refractivity contribution in [2.24, 2.45) is 0 Å². The average molecular weight is 277 g/mol. The third-order valence-electron chi connectivity index (χ3n) is 3.29. The Morgan fingerprint density at radius 2 is 2.20 bits per heavy atom. The highest BCUT2D eigenvalue weighted by atomic mass is 16.5. The lowest BCUT2D eigenvalue weighted by Crippen LogP contribution is -2.40. The van der Waals surface area contributed by atoms with Gasteiger partial charge in [0.05, 0.1) is 6.26 Å². The zero-order valence-corrected chi connectivity index (χ0v) is 11.5. The average Bonchev–Trinajstić information content (AvgIpc) is 3.09. The quantitative estimate of drug-likeness (QED) is 0.662. The monoisotopic (exact) mass is 277 g/mol. The molecular weight excluding hydrogens is 258 g/mol. The molecule has 0 bridgehead atoms. The minimum Gasteiger partial charge on any atom is -0.465 e. The minimum atomic E-state index is -0.788. The number of ether oxygens (including phenoxy) is 1. The van der Waals surface area contributed by atoms with Gasteiger partial charge in [0.2, 0.25) is 0 Å². The van der Waals surface area contributed by atoms with Crippen molar-refractivity contribution in [2.75, 3.05) is 0 Å². The third kappa shape index (κ3) is 4.26. The van der Waals surface area contributed by atoms with E-state index < -0.39 is 12.1 Å². The van der Waals surface area contributed by atoms with Gasteiger partial charge in [-0.25, -0.2) is 4.79 Å². The highest BCUT2D eigenvalue weighted by Crippen LogP contribution is 2.17. The lowest BCUT2D eigenvalue weighted by Gasteiger charge is -2.16. The van der Waals surface area contributed by atoms with Gasteiger partial charge in [-0.3, -0.25) is 4.79 Å². The summed E-state index contributed by atoms with van der Waals surface area (Å²) >= 11 is 0. The fourth-order valence-electron chi connectivity index (χ4n) is 2.19. The Morgan fingerprint density at radius 1 is 1.45 bits per heavy atom. The minimum absolute atomic E-state index is 0.224. The van der Waals surface area contributed by atoms with Gasteiger partial charge in [0.15, 0.2) is 6.10 Å². The molecule has 0 radical (unpaired) electrons. The van der Waals surface area contributed by atoms with Crippen LogP contribution in [0.5, 0.6) is 0 Å². The van der Waals surface area contributed by atoms with Gasteiger partial charge in [-0.1, -0.05) is 12.8 Å². The van der Waals surface area contributed by atoms with Crippen LogP contribution in [0.2, 0.25) is 0 Å². The predicted octanol–water partition coefficient (Wildman–Crippen LogP) is 2.28. The van der Waals surface area contributed by atoms with E-state index in [9.17, 15) is 9.59 Å². The van der Waals surface area contributed by atoms with E-state index in [1.54, 1.807) is 19.1 Å². The zero-order chi connectivity index (χ0) is 14.4. The Bertz CT molecular complexity index is 472. The first-order chi connectivity index (χ1) is 9.65. The Morgan fingerprint density at radius 3 is 2.85 bits per heavy atom. The summed E-state index contributed by atoms with van der Waals surface area (Å²) in [5.74, 6) is -0.239. The van der Waals surface area contributed by atoms with Crippen molar-refractivity contribution in [3.05, 3.63) is 30.2 Å². The normalized spacial score (nSPS) is 17.2. The van der Waals surface area contributed by atoms with Gasteiger partial charge in [0.1, 0.15) is 5.76 Å². The van der Waals surface area contributed by atoms with Gasteiger partial charge < -0.3 is 14.5 Å². The number of hydrogen-bond donors (Lipinski definition) is 1. The molecule has 1 amide bonds. The van der Waals surface area contributed by atoms with Crippen molar-refractivity contribution in [1.82, 2.24) is 5.32 Å². The highest BCUT2D eigenvalue weighted by Gasteiger charge is 2.22. The summed E-state index contributed by atoms with van der Waals surface area (Å²) in [6.07, 6.45) is 7.78. The molecule has 1 aliphatic carbocycles. The first-order valence-electron chi connectivity index (χ1n) is 6.88. The van der Waals surface area contributed by atoms with Crippen molar-refractivity contribution >= 4 is 18.0 Å². The number of carbonyl (C=O) groups excluding carboxylic acids is 2. The summed E-state index contributed by atoms with van der Waals surface area (Å²) in [6, 6.07) is 3.67. The van der Waals surface area contributed by atoms with Crippen LogP contribution in [-0.4, -0.2) is 24.0 Å². The number of nitrogens with one attached hydrogen (secondary N) is 1. The van der Waals surface area contributed by atoms with Crippen LogP contribution >= 0.6 is 0 Å². The molecule has 1 N–H and O–H groups in total. The van der Waals surface area contributed by atoms with E-state index in [1.165, 1.54) is 18.4 Å². The molecule has 1 heterocycles. The topological polar surface area (TPSA) is 68.5 Å². The first-order valence-corrected chi connectivity index (χ1v) is 6.88. The fourth-order valence-corrected chi connectivity index (χ4v) is 2.19. The van der Waals surface area contributed by atoms with Crippen LogP contribution in [-0.2, 0) is 14.3 Å². The van der Waals surface area contributed by atoms with Crippen LogP contribution in [0, 0.1) is 0 Å². The third-order valence-corrected chi connectivity index (χ3v) is 3.29. The molecule has 1 saturated carbocycles. The molecule has 0 aliphatic heterocycles. The number of carbonyl (C=O) groups is 2. The molecule has 0 saturated heterocycles. The molecule has 1 atom stereocenters. The Balaban J connectivity index is 1.76. The molecule has 1 aromatic heterocycles. The molecule has 20 heavy (non-hydrogen) atoms. The molecule has 5 nitrogen and oxygen atoms in total. The van der Waals surface area contributed by atoms with Gasteiger partial charge >= 0.3 is 5.97 Å². The molecule has 1 aromatic rings. The van der Waals surface area contributed by atoms with Crippen molar-refractivity contribution in [2.45, 2.75) is 44.8 Å². The van der Waals surface area contributed by atoms with Crippen molar-refractivity contribution < 1.29 is 18.7 Å². The summed E-state index contributed by atoms with van der Waals surface area (Å²) < 4.78 is 10.1. The number of hydrogen-bond acceptors (Lipinski definition) is 4. The molecule has 0 aromatic carbocycles. The van der Waals surface area contributed by atoms with Crippen LogP contribution in [0.3, 0.4) is 0 Å². The largest absolute Gasteiger partial charge is 0.465 e. The summed E-state index contributed by atoms with van der Waals surface area (Å²) in [5, 5.41) is 2.89. The van der Waals surface area contributed by atoms with Crippen molar-refractivity contribution in [1.29, 1.82) is 0 Å². The van der Waals surface area contributed by atoms with Gasteiger partial charge in [-0.05, 0) is 38.0 Å². The first kappa shape index (κ1) is 14.4. The molecule has 1 fully saturated rings. The van der Waals surface area contributed by atoms with E-state index >= 15 is 0 Å². The Kier molecular flexibility index (Phi) is 4.98. The molecule has 1 aliphatic rings. The summed E-state index contributed by atoms with van der Waals surface area (Å²) in [6.45, 7) is 1.57. The van der Waals surface area contributed by atoms with Crippen LogP contribution in [0.25, 0.3) is 6.08 Å². The second-order valence-electron chi connectivity index (χ2n) is 4.92. The van der Waals surface area contributed by atoms with Gasteiger partial charge in [0, 0.05) is 12.1 Å². The van der Waals surface area contributed by atoms with Crippen LogP contribution < -0.4 is 5.32 Å². The Labute approximate surface area is 118 Å². The molecule has 5 heteroatoms. The molecule has 108 valence electrons. The molecule has 2 rings (SSSR count). The van der Waals surface area contributed by atoms with Crippen LogP contribution in [0.1, 0.15) is 38.4 Å². The summed E-state index contributed by atoms with van der Waals surface area (Å²) in [5.41, 5.74) is 0. The maximum atomic E-state index is 11.8. The van der Waals surface area contributed by atoms with E-state index in [2.05, 4.69) is 5.32 Å². The maximum Gasteiger partial charge on any atom is 0.331 e. The SMILES string of the molecule is C[C@H](OC(=O)/C=C/c1ccco1)C(=O)NC1CCCC1. The van der Waals surface area contributed by atoms with E-state index in [0.29, 0.717) is 5.76 Å². The summed E-state index contributed by atoms with van der Waals surface area (Å²) in [7, 11) is 0. The number of esters is 1.